The van der Waals surface area contributed by atoms with E-state index in [1.54, 1.807) is 0 Å². The maximum Gasteiger partial charge on any atom is 0.377 e. The number of primary amides is 1. The summed E-state index contributed by atoms with van der Waals surface area (Å²) < 4.78 is 24.9. The summed E-state index contributed by atoms with van der Waals surface area (Å²) in [5, 5.41) is 10.5. The first-order valence-corrected chi connectivity index (χ1v) is 4.85. The normalized spacial score (nSPS) is 10.5. The van der Waals surface area contributed by atoms with Crippen LogP contribution in [-0.2, 0) is 0 Å². The van der Waals surface area contributed by atoms with Gasteiger partial charge in [0, 0.05) is 0 Å². The molecule has 0 aromatic carbocycles. The maximum absolute atomic E-state index is 12.5. The third-order valence-electron chi connectivity index (χ3n) is 1.63. The molecule has 86 valence electrons. The van der Waals surface area contributed by atoms with Crippen LogP contribution in [0.4, 0.5) is 14.6 Å². The Morgan fingerprint density at radius 2 is 2.19 bits per heavy atom. The van der Waals surface area contributed by atoms with Gasteiger partial charge >= 0.3 is 5.82 Å². The van der Waals surface area contributed by atoms with Gasteiger partial charge in [-0.15, -0.1) is 0 Å². The van der Waals surface area contributed by atoms with Crippen molar-refractivity contribution >= 4 is 34.3 Å². The minimum atomic E-state index is -2.97. The van der Waals surface area contributed by atoms with Crippen molar-refractivity contribution in [1.29, 1.82) is 0 Å². The topological polar surface area (TPSA) is 99.1 Å². The highest BCUT2D eigenvalue weighted by molar-refractivity contribution is 14.1. The molecule has 0 unspecified atom stereocenters. The lowest BCUT2D eigenvalue weighted by molar-refractivity contribution is -0.390. The molecular formula is C7H4F2IN3O3. The molecule has 1 aromatic heterocycles. The number of halogens is 3. The summed E-state index contributed by atoms with van der Waals surface area (Å²) in [7, 11) is 0. The number of pyridine rings is 1. The standard InChI is InChI=1S/C7H4F2IN3O3/c8-5(9)2-1-3(10)7(13(15)16)12-4(2)6(11)14/h1,5H,(H2,11,14). The Bertz CT molecular complexity index is 466. The zero-order valence-electron chi connectivity index (χ0n) is 7.49. The van der Waals surface area contributed by atoms with Gasteiger partial charge in [-0.3, -0.25) is 4.79 Å². The highest BCUT2D eigenvalue weighted by Crippen LogP contribution is 2.27. The minimum absolute atomic E-state index is 0.0806. The second-order valence-corrected chi connectivity index (χ2v) is 3.82. The van der Waals surface area contributed by atoms with Gasteiger partial charge in [0.05, 0.1) is 5.56 Å². The summed E-state index contributed by atoms with van der Waals surface area (Å²) in [6, 6.07) is 0.830. The van der Waals surface area contributed by atoms with Gasteiger partial charge in [-0.05, 0) is 38.6 Å². The van der Waals surface area contributed by atoms with Crippen LogP contribution in [0.1, 0.15) is 22.5 Å². The Hall–Kier alpha value is -1.39. The molecule has 0 spiro atoms. The van der Waals surface area contributed by atoms with E-state index in [0.29, 0.717) is 0 Å². The van der Waals surface area contributed by atoms with Gasteiger partial charge in [0.1, 0.15) is 3.57 Å². The monoisotopic (exact) mass is 343 g/mol. The van der Waals surface area contributed by atoms with Crippen molar-refractivity contribution in [3.63, 3.8) is 0 Å². The average molecular weight is 343 g/mol. The van der Waals surface area contributed by atoms with Crippen molar-refractivity contribution in [3.05, 3.63) is 31.0 Å². The van der Waals surface area contributed by atoms with Crippen LogP contribution in [0.3, 0.4) is 0 Å². The number of carbonyl (C=O) groups excluding carboxylic acids is 1. The van der Waals surface area contributed by atoms with Crippen LogP contribution < -0.4 is 5.73 Å². The lowest BCUT2D eigenvalue weighted by Gasteiger charge is -2.03. The Labute approximate surface area is 101 Å². The van der Waals surface area contributed by atoms with E-state index < -0.39 is 34.3 Å². The molecule has 2 N–H and O–H groups in total. The second-order valence-electron chi connectivity index (χ2n) is 2.65. The first-order valence-electron chi connectivity index (χ1n) is 3.77. The Balaban J connectivity index is 3.49. The molecule has 1 heterocycles. The molecule has 0 bridgehead atoms. The molecule has 0 saturated carbocycles. The summed E-state index contributed by atoms with van der Waals surface area (Å²) in [5.74, 6) is -1.89. The predicted molar refractivity (Wildman–Crippen MR) is 57.1 cm³/mol. The van der Waals surface area contributed by atoms with Crippen LogP contribution in [0.25, 0.3) is 0 Å². The SMILES string of the molecule is NC(=O)c1nc([N+](=O)[O-])c(I)cc1C(F)F. The van der Waals surface area contributed by atoms with Crippen LogP contribution in [0.2, 0.25) is 0 Å². The van der Waals surface area contributed by atoms with E-state index in [2.05, 4.69) is 4.98 Å². The van der Waals surface area contributed by atoms with Crippen LogP contribution >= 0.6 is 22.6 Å². The average Bonchev–Trinajstić information content (AvgIpc) is 2.15. The number of rotatable bonds is 3. The number of hydrogen-bond donors (Lipinski definition) is 1. The third kappa shape index (κ3) is 2.40. The van der Waals surface area contributed by atoms with Gasteiger partial charge < -0.3 is 15.8 Å². The molecule has 0 fully saturated rings. The maximum atomic E-state index is 12.5. The van der Waals surface area contributed by atoms with Gasteiger partial charge in [-0.25, -0.2) is 8.78 Å². The molecule has 16 heavy (non-hydrogen) atoms. The van der Waals surface area contributed by atoms with E-state index in [0.717, 1.165) is 6.07 Å². The largest absolute Gasteiger partial charge is 0.377 e. The van der Waals surface area contributed by atoms with Crippen LogP contribution in [0, 0.1) is 13.7 Å². The first-order chi connectivity index (χ1) is 7.34. The first kappa shape index (κ1) is 12.7. The van der Waals surface area contributed by atoms with Gasteiger partial charge in [-0.2, -0.15) is 0 Å². The number of aromatic nitrogens is 1. The smallest absolute Gasteiger partial charge is 0.362 e. The van der Waals surface area contributed by atoms with E-state index in [4.69, 9.17) is 5.73 Å². The van der Waals surface area contributed by atoms with Crippen molar-refractivity contribution in [2.24, 2.45) is 5.73 Å². The molecule has 0 aliphatic carbocycles. The fourth-order valence-corrected chi connectivity index (χ4v) is 1.64. The molecule has 1 amide bonds. The summed E-state index contributed by atoms with van der Waals surface area (Å²) in [4.78, 5) is 23.6. The summed E-state index contributed by atoms with van der Waals surface area (Å²) in [6.07, 6.45) is -2.97. The predicted octanol–water partition coefficient (Wildman–Crippen LogP) is 1.63. The zero-order chi connectivity index (χ0) is 12.5. The number of alkyl halides is 2. The molecule has 1 aromatic rings. The second kappa shape index (κ2) is 4.63. The van der Waals surface area contributed by atoms with Gasteiger partial charge in [0.15, 0.2) is 0 Å². The van der Waals surface area contributed by atoms with Crippen molar-refractivity contribution in [1.82, 2.24) is 4.98 Å². The van der Waals surface area contributed by atoms with Crippen molar-refractivity contribution in [2.75, 3.05) is 0 Å². The van der Waals surface area contributed by atoms with Gasteiger partial charge in [-0.1, -0.05) is 0 Å². The summed E-state index contributed by atoms with van der Waals surface area (Å²) >= 11 is 1.49. The van der Waals surface area contributed by atoms with E-state index in [9.17, 15) is 23.7 Å². The van der Waals surface area contributed by atoms with Crippen molar-refractivity contribution < 1.29 is 18.5 Å². The Kier molecular flexibility index (Phi) is 3.67. The number of nitrogens with two attached hydrogens (primary N) is 1. The van der Waals surface area contributed by atoms with Crippen LogP contribution in [0.15, 0.2) is 6.07 Å². The van der Waals surface area contributed by atoms with E-state index in [-0.39, 0.29) is 3.57 Å². The highest BCUT2D eigenvalue weighted by atomic mass is 127. The lowest BCUT2D eigenvalue weighted by atomic mass is 10.2. The molecule has 6 nitrogen and oxygen atoms in total. The molecule has 1 rings (SSSR count). The van der Waals surface area contributed by atoms with E-state index in [1.807, 2.05) is 0 Å². The van der Waals surface area contributed by atoms with Crippen molar-refractivity contribution in [3.8, 4) is 0 Å². The molecule has 0 aliphatic rings. The number of carbonyl (C=O) groups is 1. The molecule has 0 atom stereocenters. The van der Waals surface area contributed by atoms with Gasteiger partial charge in [0.2, 0.25) is 5.69 Å². The Morgan fingerprint density at radius 3 is 2.56 bits per heavy atom. The number of nitrogens with zero attached hydrogens (tertiary/aromatic N) is 2. The minimum Gasteiger partial charge on any atom is -0.362 e. The third-order valence-corrected chi connectivity index (χ3v) is 2.42. The summed E-state index contributed by atoms with van der Waals surface area (Å²) in [6.45, 7) is 0. The number of amides is 1. The van der Waals surface area contributed by atoms with E-state index >= 15 is 0 Å². The fourth-order valence-electron chi connectivity index (χ4n) is 0.985. The molecule has 9 heteroatoms. The fraction of sp³-hybridized carbons (Fsp3) is 0.143. The summed E-state index contributed by atoms with van der Waals surface area (Å²) in [5.41, 5.74) is 3.33. The quantitative estimate of drug-likeness (QED) is 0.512. The number of nitro groups is 1. The van der Waals surface area contributed by atoms with E-state index in [1.165, 1.54) is 22.6 Å². The van der Waals surface area contributed by atoms with Crippen LogP contribution in [-0.4, -0.2) is 15.8 Å². The molecule has 0 saturated heterocycles. The highest BCUT2D eigenvalue weighted by Gasteiger charge is 2.28. The lowest BCUT2D eigenvalue weighted by Crippen LogP contribution is -2.17. The van der Waals surface area contributed by atoms with Crippen molar-refractivity contribution in [2.45, 2.75) is 6.43 Å². The Morgan fingerprint density at radius 1 is 1.62 bits per heavy atom. The molecule has 0 radical (unpaired) electrons. The zero-order valence-corrected chi connectivity index (χ0v) is 9.64. The molecule has 0 aliphatic heterocycles. The number of hydrogen-bond acceptors (Lipinski definition) is 4. The van der Waals surface area contributed by atoms with Gasteiger partial charge in [0.25, 0.3) is 12.3 Å². The molecular weight excluding hydrogens is 339 g/mol. The van der Waals surface area contributed by atoms with Crippen LogP contribution in [0.5, 0.6) is 0 Å².